The number of hydrogen-bond acceptors (Lipinski definition) is 5. The summed E-state index contributed by atoms with van der Waals surface area (Å²) < 4.78 is 6.01. The number of aromatic nitrogens is 2. The van der Waals surface area contributed by atoms with E-state index in [4.69, 9.17) is 4.74 Å². The Morgan fingerprint density at radius 2 is 1.70 bits per heavy atom. The smallest absolute Gasteiger partial charge is 0.244 e. The highest BCUT2D eigenvalue weighted by atomic mass is 16.5. The fourth-order valence-corrected chi connectivity index (χ4v) is 4.02. The quantitative estimate of drug-likeness (QED) is 0.814. The summed E-state index contributed by atoms with van der Waals surface area (Å²) in [6, 6.07) is 7.53. The predicted octanol–water partition coefficient (Wildman–Crippen LogP) is 2.68. The fraction of sp³-hybridized carbons (Fsp3) is 0.476. The van der Waals surface area contributed by atoms with Crippen molar-refractivity contribution in [1.82, 2.24) is 19.8 Å². The maximum Gasteiger partial charge on any atom is 0.244 e. The molecule has 0 spiro atoms. The number of hydrogen-bond donors (Lipinski definition) is 0. The lowest BCUT2D eigenvalue weighted by Crippen LogP contribution is -2.47. The number of likely N-dealkylation sites (tertiary alicyclic amines) is 2. The van der Waals surface area contributed by atoms with Crippen molar-refractivity contribution in [3.8, 4) is 5.75 Å². The van der Waals surface area contributed by atoms with E-state index in [-0.39, 0.29) is 18.1 Å². The highest BCUT2D eigenvalue weighted by molar-refractivity contribution is 5.83. The van der Waals surface area contributed by atoms with E-state index in [0.717, 1.165) is 63.2 Å². The minimum atomic E-state index is -0.211. The number of pyridine rings is 2. The number of nitrogens with zero attached hydrogens (tertiary/aromatic N) is 4. The maximum atomic E-state index is 13.4. The van der Waals surface area contributed by atoms with Crippen LogP contribution < -0.4 is 4.74 Å². The van der Waals surface area contributed by atoms with Gasteiger partial charge in [0.25, 0.3) is 0 Å². The van der Waals surface area contributed by atoms with E-state index < -0.39 is 0 Å². The Hall–Kier alpha value is -2.47. The standard InChI is InChI=1S/C21H26N4O2/c26-21(20(24-11-1-2-12-24)17-5-3-9-22-15-17)25-13-7-18(8-14-25)27-19-6-4-10-23-16-19/h3-6,9-10,15-16,18,20H,1-2,7-8,11-14H2/t20-/m0/s1. The second-order valence-corrected chi connectivity index (χ2v) is 7.26. The van der Waals surface area contributed by atoms with Crippen LogP contribution in [-0.4, -0.2) is 58.0 Å². The molecule has 0 bridgehead atoms. The zero-order valence-electron chi connectivity index (χ0n) is 15.5. The van der Waals surface area contributed by atoms with E-state index in [9.17, 15) is 4.79 Å². The van der Waals surface area contributed by atoms with Gasteiger partial charge in [0.15, 0.2) is 0 Å². The topological polar surface area (TPSA) is 58.6 Å². The summed E-state index contributed by atoms with van der Waals surface area (Å²) in [5.41, 5.74) is 0.998. The van der Waals surface area contributed by atoms with Gasteiger partial charge in [0, 0.05) is 44.5 Å². The molecule has 2 fully saturated rings. The van der Waals surface area contributed by atoms with E-state index in [0.29, 0.717) is 0 Å². The molecule has 2 aliphatic rings. The third-order valence-corrected chi connectivity index (χ3v) is 5.43. The number of rotatable bonds is 5. The molecule has 0 aromatic carbocycles. The van der Waals surface area contributed by atoms with Gasteiger partial charge in [0.1, 0.15) is 17.9 Å². The molecule has 4 heterocycles. The zero-order valence-corrected chi connectivity index (χ0v) is 15.5. The summed E-state index contributed by atoms with van der Waals surface area (Å²) in [6.07, 6.45) is 11.2. The van der Waals surface area contributed by atoms with Crippen LogP contribution in [0.25, 0.3) is 0 Å². The summed E-state index contributed by atoms with van der Waals surface area (Å²) in [6.45, 7) is 3.42. The molecule has 6 nitrogen and oxygen atoms in total. The first-order valence-corrected chi connectivity index (χ1v) is 9.81. The van der Waals surface area contributed by atoms with Crippen LogP contribution in [0.4, 0.5) is 0 Å². The summed E-state index contributed by atoms with van der Waals surface area (Å²) in [7, 11) is 0. The van der Waals surface area contributed by atoms with Crippen LogP contribution in [0.2, 0.25) is 0 Å². The summed E-state index contributed by atoms with van der Waals surface area (Å²) >= 11 is 0. The van der Waals surface area contributed by atoms with Gasteiger partial charge in [-0.2, -0.15) is 0 Å². The molecular weight excluding hydrogens is 340 g/mol. The molecule has 6 heteroatoms. The van der Waals surface area contributed by atoms with Crippen molar-refractivity contribution in [3.63, 3.8) is 0 Å². The van der Waals surface area contributed by atoms with Crippen LogP contribution in [0, 0.1) is 0 Å². The predicted molar refractivity (Wildman–Crippen MR) is 102 cm³/mol. The first-order valence-electron chi connectivity index (χ1n) is 9.81. The summed E-state index contributed by atoms with van der Waals surface area (Å²) in [5, 5.41) is 0. The number of carbonyl (C=O) groups is 1. The Morgan fingerprint density at radius 1 is 1.00 bits per heavy atom. The molecule has 4 rings (SSSR count). The van der Waals surface area contributed by atoms with Crippen LogP contribution >= 0.6 is 0 Å². The second kappa shape index (κ2) is 8.48. The monoisotopic (exact) mass is 366 g/mol. The largest absolute Gasteiger partial charge is 0.489 e. The zero-order chi connectivity index (χ0) is 18.5. The third-order valence-electron chi connectivity index (χ3n) is 5.43. The van der Waals surface area contributed by atoms with Crippen LogP contribution in [0.1, 0.15) is 37.3 Å². The van der Waals surface area contributed by atoms with Crippen molar-refractivity contribution in [3.05, 3.63) is 54.6 Å². The minimum absolute atomic E-state index is 0.141. The number of amides is 1. The van der Waals surface area contributed by atoms with Crippen LogP contribution in [0.5, 0.6) is 5.75 Å². The Labute approximate surface area is 160 Å². The molecule has 0 aliphatic carbocycles. The first kappa shape index (κ1) is 17.9. The van der Waals surface area contributed by atoms with Gasteiger partial charge < -0.3 is 9.64 Å². The molecule has 2 aromatic rings. The first-order chi connectivity index (χ1) is 13.3. The molecule has 2 aliphatic heterocycles. The van der Waals surface area contributed by atoms with E-state index in [1.54, 1.807) is 18.6 Å². The molecule has 1 atom stereocenters. The van der Waals surface area contributed by atoms with Gasteiger partial charge in [0.2, 0.25) is 5.91 Å². The Bertz CT molecular complexity index is 726. The van der Waals surface area contributed by atoms with Crippen molar-refractivity contribution >= 4 is 5.91 Å². The van der Waals surface area contributed by atoms with Crippen molar-refractivity contribution in [2.75, 3.05) is 26.2 Å². The van der Waals surface area contributed by atoms with Crippen molar-refractivity contribution in [2.24, 2.45) is 0 Å². The van der Waals surface area contributed by atoms with Crippen molar-refractivity contribution in [2.45, 2.75) is 37.8 Å². The van der Waals surface area contributed by atoms with Crippen LogP contribution in [0.3, 0.4) is 0 Å². The van der Waals surface area contributed by atoms with Crippen molar-refractivity contribution in [1.29, 1.82) is 0 Å². The molecular formula is C21H26N4O2. The van der Waals surface area contributed by atoms with Gasteiger partial charge in [-0.1, -0.05) is 6.07 Å². The Kier molecular flexibility index (Phi) is 5.63. The van der Waals surface area contributed by atoms with E-state index in [1.165, 1.54) is 0 Å². The fourth-order valence-electron chi connectivity index (χ4n) is 4.02. The summed E-state index contributed by atoms with van der Waals surface area (Å²) in [4.78, 5) is 26.0. The maximum absolute atomic E-state index is 13.4. The van der Waals surface area contributed by atoms with Crippen LogP contribution in [-0.2, 0) is 4.79 Å². The van der Waals surface area contributed by atoms with Gasteiger partial charge in [0.05, 0.1) is 6.20 Å². The molecule has 0 saturated carbocycles. The lowest BCUT2D eigenvalue weighted by Gasteiger charge is -2.36. The SMILES string of the molecule is O=C([C@H](c1cccnc1)N1CCCC1)N1CCC(Oc2cccnc2)CC1. The Morgan fingerprint density at radius 3 is 2.33 bits per heavy atom. The van der Waals surface area contributed by atoms with E-state index >= 15 is 0 Å². The summed E-state index contributed by atoms with van der Waals surface area (Å²) in [5.74, 6) is 0.998. The molecule has 2 saturated heterocycles. The average Bonchev–Trinajstić information content (AvgIpc) is 3.24. The van der Waals surface area contributed by atoms with E-state index in [2.05, 4.69) is 14.9 Å². The molecule has 142 valence electrons. The van der Waals surface area contributed by atoms with Gasteiger partial charge in [-0.05, 0) is 49.7 Å². The van der Waals surface area contributed by atoms with Gasteiger partial charge in [-0.15, -0.1) is 0 Å². The number of ether oxygens (including phenoxy) is 1. The van der Waals surface area contributed by atoms with Gasteiger partial charge in [-0.25, -0.2) is 0 Å². The average molecular weight is 366 g/mol. The van der Waals surface area contributed by atoms with E-state index in [1.807, 2.05) is 35.4 Å². The van der Waals surface area contributed by atoms with Crippen molar-refractivity contribution < 1.29 is 9.53 Å². The second-order valence-electron chi connectivity index (χ2n) is 7.26. The Balaban J connectivity index is 1.40. The normalized spacial score (nSPS) is 19.8. The lowest BCUT2D eigenvalue weighted by molar-refractivity contribution is -0.138. The molecule has 27 heavy (non-hydrogen) atoms. The number of piperidine rings is 1. The molecule has 0 N–H and O–H groups in total. The minimum Gasteiger partial charge on any atom is -0.489 e. The third kappa shape index (κ3) is 4.27. The van der Waals surface area contributed by atoms with Gasteiger partial charge >= 0.3 is 0 Å². The molecule has 1 amide bonds. The highest BCUT2D eigenvalue weighted by Gasteiger charge is 2.34. The molecule has 2 aromatic heterocycles. The van der Waals surface area contributed by atoms with Crippen LogP contribution in [0.15, 0.2) is 49.1 Å². The highest BCUT2D eigenvalue weighted by Crippen LogP contribution is 2.28. The van der Waals surface area contributed by atoms with Gasteiger partial charge in [-0.3, -0.25) is 19.7 Å². The molecule has 0 radical (unpaired) electrons. The molecule has 0 unspecified atom stereocenters. The number of carbonyl (C=O) groups excluding carboxylic acids is 1. The lowest BCUT2D eigenvalue weighted by atomic mass is 10.0.